The molecule has 0 saturated heterocycles. The van der Waals surface area contributed by atoms with Gasteiger partial charge in [-0.3, -0.25) is 4.79 Å². The van der Waals surface area contributed by atoms with E-state index in [2.05, 4.69) is 37.8 Å². The molecule has 0 aliphatic heterocycles. The van der Waals surface area contributed by atoms with Crippen molar-refractivity contribution in [1.29, 1.82) is 0 Å². The van der Waals surface area contributed by atoms with Crippen LogP contribution in [-0.2, 0) is 4.79 Å². The van der Waals surface area contributed by atoms with Gasteiger partial charge in [-0.05, 0) is 32.1 Å². The number of hydrogen-bond donors (Lipinski definition) is 0. The van der Waals surface area contributed by atoms with E-state index in [1.807, 2.05) is 4.90 Å². The summed E-state index contributed by atoms with van der Waals surface area (Å²) < 4.78 is 0. The Bertz CT molecular complexity index is 313. The molecule has 0 heterocycles. The Balaban J connectivity index is 2.23. The first-order valence-corrected chi connectivity index (χ1v) is 6.99. The van der Waals surface area contributed by atoms with Crippen LogP contribution < -0.4 is 0 Å². The maximum Gasteiger partial charge on any atom is 0.226 e. The summed E-state index contributed by atoms with van der Waals surface area (Å²) in [6.07, 6.45) is 15.8. The lowest BCUT2D eigenvalue weighted by atomic mass is 10.2. The van der Waals surface area contributed by atoms with Gasteiger partial charge in [-0.2, -0.15) is 0 Å². The number of carbonyl (C=O) groups is 1. The summed E-state index contributed by atoms with van der Waals surface area (Å²) in [5.74, 6) is 0.594. The highest BCUT2D eigenvalue weighted by molar-refractivity contribution is 5.81. The SMILES string of the molecule is C=CCN(C/C=C\CC/C=C\CC)C(=O)C1CC1. The highest BCUT2D eigenvalue weighted by Gasteiger charge is 2.32. The maximum atomic E-state index is 11.9. The minimum absolute atomic E-state index is 0.297. The molecule has 100 valence electrons. The predicted octanol–water partition coefficient (Wildman–Crippen LogP) is 3.71. The van der Waals surface area contributed by atoms with Crippen LogP contribution in [0.4, 0.5) is 0 Å². The molecule has 1 rings (SSSR count). The topological polar surface area (TPSA) is 20.3 Å². The van der Waals surface area contributed by atoms with E-state index in [-0.39, 0.29) is 0 Å². The fourth-order valence-electron chi connectivity index (χ4n) is 1.80. The van der Waals surface area contributed by atoms with Gasteiger partial charge in [0.05, 0.1) is 0 Å². The quantitative estimate of drug-likeness (QED) is 0.449. The van der Waals surface area contributed by atoms with Crippen LogP contribution in [0, 0.1) is 5.92 Å². The van der Waals surface area contributed by atoms with Gasteiger partial charge in [0.25, 0.3) is 0 Å². The monoisotopic (exact) mass is 247 g/mol. The molecule has 0 unspecified atom stereocenters. The molecule has 1 aliphatic carbocycles. The Morgan fingerprint density at radius 2 is 1.83 bits per heavy atom. The molecule has 0 radical (unpaired) electrons. The Morgan fingerprint density at radius 1 is 1.17 bits per heavy atom. The molecular weight excluding hydrogens is 222 g/mol. The fraction of sp³-hybridized carbons (Fsp3) is 0.562. The normalized spacial score (nSPS) is 15.4. The molecule has 2 nitrogen and oxygen atoms in total. The Hall–Kier alpha value is -1.31. The van der Waals surface area contributed by atoms with Crippen molar-refractivity contribution < 1.29 is 4.79 Å². The lowest BCUT2D eigenvalue weighted by Crippen LogP contribution is -2.32. The third-order valence-corrected chi connectivity index (χ3v) is 2.98. The van der Waals surface area contributed by atoms with Crippen LogP contribution in [0.15, 0.2) is 37.0 Å². The molecule has 0 N–H and O–H groups in total. The van der Waals surface area contributed by atoms with Crippen molar-refractivity contribution in [2.75, 3.05) is 13.1 Å². The maximum absolute atomic E-state index is 11.9. The van der Waals surface area contributed by atoms with E-state index < -0.39 is 0 Å². The number of amides is 1. The molecular formula is C16H25NO. The van der Waals surface area contributed by atoms with Gasteiger partial charge < -0.3 is 4.90 Å². The summed E-state index contributed by atoms with van der Waals surface area (Å²) in [4.78, 5) is 13.8. The van der Waals surface area contributed by atoms with E-state index in [1.54, 1.807) is 6.08 Å². The second-order valence-corrected chi connectivity index (χ2v) is 4.73. The van der Waals surface area contributed by atoms with Crippen molar-refractivity contribution in [3.8, 4) is 0 Å². The van der Waals surface area contributed by atoms with Crippen molar-refractivity contribution >= 4 is 5.91 Å². The second kappa shape index (κ2) is 8.73. The number of unbranched alkanes of at least 4 members (excludes halogenated alkanes) is 1. The van der Waals surface area contributed by atoms with Crippen LogP contribution in [0.3, 0.4) is 0 Å². The Labute approximate surface area is 111 Å². The van der Waals surface area contributed by atoms with Crippen molar-refractivity contribution in [2.24, 2.45) is 5.92 Å². The molecule has 18 heavy (non-hydrogen) atoms. The van der Waals surface area contributed by atoms with Gasteiger partial charge in [-0.25, -0.2) is 0 Å². The lowest BCUT2D eigenvalue weighted by Gasteiger charge is -2.18. The molecule has 0 aromatic heterocycles. The molecule has 2 heteroatoms. The van der Waals surface area contributed by atoms with Crippen LogP contribution in [0.5, 0.6) is 0 Å². The van der Waals surface area contributed by atoms with Crippen LogP contribution in [0.1, 0.15) is 39.0 Å². The third-order valence-electron chi connectivity index (χ3n) is 2.98. The van der Waals surface area contributed by atoms with E-state index in [9.17, 15) is 4.79 Å². The van der Waals surface area contributed by atoms with Crippen molar-refractivity contribution in [1.82, 2.24) is 4.90 Å². The van der Waals surface area contributed by atoms with Gasteiger partial charge in [0.1, 0.15) is 0 Å². The molecule has 1 amide bonds. The van der Waals surface area contributed by atoms with Crippen molar-refractivity contribution in [3.63, 3.8) is 0 Å². The Morgan fingerprint density at radius 3 is 2.39 bits per heavy atom. The number of allylic oxidation sites excluding steroid dienone is 3. The van der Waals surface area contributed by atoms with E-state index in [0.717, 1.165) is 38.6 Å². The zero-order valence-corrected chi connectivity index (χ0v) is 11.5. The van der Waals surface area contributed by atoms with Gasteiger partial charge >= 0.3 is 0 Å². The van der Waals surface area contributed by atoms with Gasteiger partial charge in [0, 0.05) is 19.0 Å². The molecule has 1 saturated carbocycles. The second-order valence-electron chi connectivity index (χ2n) is 4.73. The first-order valence-electron chi connectivity index (χ1n) is 6.99. The standard InChI is InChI=1S/C16H25NO/c1-3-5-6-7-8-9-10-14-17(13-4-2)16(18)15-11-12-15/h4-6,9-10,15H,2-3,7-8,11-14H2,1H3/b6-5-,10-9-. The van der Waals surface area contributed by atoms with Crippen LogP contribution in [-0.4, -0.2) is 23.9 Å². The molecule has 0 atom stereocenters. The molecule has 0 spiro atoms. The molecule has 0 bridgehead atoms. The van der Waals surface area contributed by atoms with Crippen LogP contribution in [0.2, 0.25) is 0 Å². The highest BCUT2D eigenvalue weighted by atomic mass is 16.2. The molecule has 0 aromatic rings. The summed E-state index contributed by atoms with van der Waals surface area (Å²) in [6, 6.07) is 0. The number of hydrogen-bond acceptors (Lipinski definition) is 1. The smallest absolute Gasteiger partial charge is 0.226 e. The van der Waals surface area contributed by atoms with Crippen molar-refractivity contribution in [3.05, 3.63) is 37.0 Å². The number of rotatable bonds is 9. The minimum Gasteiger partial charge on any atom is -0.335 e. The largest absolute Gasteiger partial charge is 0.335 e. The fourth-order valence-corrected chi connectivity index (χ4v) is 1.80. The van der Waals surface area contributed by atoms with Crippen LogP contribution in [0.25, 0.3) is 0 Å². The van der Waals surface area contributed by atoms with Gasteiger partial charge in [-0.15, -0.1) is 6.58 Å². The van der Waals surface area contributed by atoms with E-state index in [4.69, 9.17) is 0 Å². The number of carbonyl (C=O) groups excluding carboxylic acids is 1. The van der Waals surface area contributed by atoms with Crippen LogP contribution >= 0.6 is 0 Å². The zero-order valence-electron chi connectivity index (χ0n) is 11.5. The summed E-state index contributed by atoms with van der Waals surface area (Å²) in [5.41, 5.74) is 0. The summed E-state index contributed by atoms with van der Waals surface area (Å²) in [7, 11) is 0. The molecule has 0 aromatic carbocycles. The first kappa shape index (κ1) is 14.7. The van der Waals surface area contributed by atoms with Crippen molar-refractivity contribution in [2.45, 2.75) is 39.0 Å². The summed E-state index contributed by atoms with van der Waals surface area (Å²) >= 11 is 0. The first-order chi connectivity index (χ1) is 8.79. The Kier molecular flexibility index (Phi) is 7.16. The van der Waals surface area contributed by atoms with E-state index in [0.29, 0.717) is 18.4 Å². The lowest BCUT2D eigenvalue weighted by molar-refractivity contribution is -0.131. The molecule has 1 aliphatic rings. The summed E-state index contributed by atoms with van der Waals surface area (Å²) in [6.45, 7) is 7.24. The average molecular weight is 247 g/mol. The predicted molar refractivity (Wildman–Crippen MR) is 77.3 cm³/mol. The van der Waals surface area contributed by atoms with Gasteiger partial charge in [0.2, 0.25) is 5.91 Å². The van der Waals surface area contributed by atoms with E-state index >= 15 is 0 Å². The number of nitrogens with zero attached hydrogens (tertiary/aromatic N) is 1. The van der Waals surface area contributed by atoms with Gasteiger partial charge in [0.15, 0.2) is 0 Å². The zero-order chi connectivity index (χ0) is 13.2. The van der Waals surface area contributed by atoms with Gasteiger partial charge in [-0.1, -0.05) is 37.3 Å². The third kappa shape index (κ3) is 5.85. The minimum atomic E-state index is 0.297. The highest BCUT2D eigenvalue weighted by Crippen LogP contribution is 2.30. The summed E-state index contributed by atoms with van der Waals surface area (Å²) in [5, 5.41) is 0. The average Bonchev–Trinajstić information content (AvgIpc) is 3.20. The molecule has 1 fully saturated rings. The van der Waals surface area contributed by atoms with E-state index in [1.165, 1.54) is 0 Å².